The molecule has 1 aromatic carbocycles. The predicted octanol–water partition coefficient (Wildman–Crippen LogP) is 3.84. The molecule has 1 aliphatic rings. The largest absolute Gasteiger partial charge is 0.370 e. The number of rotatable bonds is 1. The zero-order chi connectivity index (χ0) is 12.5. The van der Waals surface area contributed by atoms with Crippen molar-refractivity contribution in [3.05, 3.63) is 28.8 Å². The molecule has 0 atom stereocenters. The van der Waals surface area contributed by atoms with E-state index in [1.165, 1.54) is 12.8 Å². The minimum Gasteiger partial charge on any atom is -0.370 e. The number of anilines is 1. The van der Waals surface area contributed by atoms with Crippen molar-refractivity contribution in [2.75, 3.05) is 18.0 Å². The summed E-state index contributed by atoms with van der Waals surface area (Å²) < 4.78 is 0. The van der Waals surface area contributed by atoms with Crippen LogP contribution in [0.4, 0.5) is 5.69 Å². The van der Waals surface area contributed by atoms with Gasteiger partial charge >= 0.3 is 0 Å². The summed E-state index contributed by atoms with van der Waals surface area (Å²) in [5.74, 6) is 0. The van der Waals surface area contributed by atoms with Gasteiger partial charge in [-0.2, -0.15) is 5.26 Å². The van der Waals surface area contributed by atoms with E-state index in [1.54, 1.807) is 6.07 Å². The summed E-state index contributed by atoms with van der Waals surface area (Å²) in [6.45, 7) is 6.70. The van der Waals surface area contributed by atoms with E-state index in [0.29, 0.717) is 16.0 Å². The van der Waals surface area contributed by atoms with Crippen LogP contribution in [0.25, 0.3) is 0 Å². The van der Waals surface area contributed by atoms with Gasteiger partial charge in [0.1, 0.15) is 0 Å². The maximum atomic E-state index is 8.81. The molecular formula is C14H17ClN2. The highest BCUT2D eigenvalue weighted by Crippen LogP contribution is 2.35. The van der Waals surface area contributed by atoms with Gasteiger partial charge in [-0.15, -0.1) is 0 Å². The molecule has 0 aromatic heterocycles. The second-order valence-electron chi connectivity index (χ2n) is 5.43. The maximum Gasteiger partial charge on any atom is 0.0992 e. The number of nitrogens with zero attached hydrogens (tertiary/aromatic N) is 2. The molecule has 1 aromatic rings. The summed E-state index contributed by atoms with van der Waals surface area (Å²) in [4.78, 5) is 2.31. The Bertz CT molecular complexity index is 450. The van der Waals surface area contributed by atoms with Crippen molar-refractivity contribution in [1.82, 2.24) is 0 Å². The number of benzene rings is 1. The first-order valence-corrected chi connectivity index (χ1v) is 6.34. The molecule has 0 spiro atoms. The minimum atomic E-state index is 0.440. The molecule has 0 bridgehead atoms. The Kier molecular flexibility index (Phi) is 3.31. The Morgan fingerprint density at radius 2 is 1.94 bits per heavy atom. The summed E-state index contributed by atoms with van der Waals surface area (Å²) >= 11 is 6.22. The molecular weight excluding hydrogens is 232 g/mol. The Balaban J connectivity index is 2.17. The monoisotopic (exact) mass is 248 g/mol. The second-order valence-corrected chi connectivity index (χ2v) is 5.84. The molecule has 0 unspecified atom stereocenters. The number of halogens is 1. The van der Waals surface area contributed by atoms with Crippen molar-refractivity contribution >= 4 is 17.3 Å². The van der Waals surface area contributed by atoms with Crippen LogP contribution in [0.5, 0.6) is 0 Å². The molecule has 2 nitrogen and oxygen atoms in total. The molecule has 0 N–H and O–H groups in total. The topological polar surface area (TPSA) is 27.0 Å². The molecule has 17 heavy (non-hydrogen) atoms. The third-order valence-corrected chi connectivity index (χ3v) is 3.84. The van der Waals surface area contributed by atoms with E-state index in [4.69, 9.17) is 16.9 Å². The molecule has 0 aliphatic carbocycles. The highest BCUT2D eigenvalue weighted by atomic mass is 35.5. The Morgan fingerprint density at radius 1 is 1.29 bits per heavy atom. The van der Waals surface area contributed by atoms with Gasteiger partial charge in [0, 0.05) is 13.1 Å². The van der Waals surface area contributed by atoms with Crippen LogP contribution in [0.15, 0.2) is 18.2 Å². The van der Waals surface area contributed by atoms with Gasteiger partial charge in [-0.1, -0.05) is 25.4 Å². The third kappa shape index (κ3) is 2.73. The summed E-state index contributed by atoms with van der Waals surface area (Å²) in [6, 6.07) is 7.65. The van der Waals surface area contributed by atoms with Crippen LogP contribution in [0, 0.1) is 16.7 Å². The smallest absolute Gasteiger partial charge is 0.0992 e. The van der Waals surface area contributed by atoms with Gasteiger partial charge in [0.2, 0.25) is 0 Å². The van der Waals surface area contributed by atoms with Gasteiger partial charge in [0.25, 0.3) is 0 Å². The lowest BCUT2D eigenvalue weighted by molar-refractivity contribution is 0.280. The van der Waals surface area contributed by atoms with Gasteiger partial charge < -0.3 is 4.90 Å². The van der Waals surface area contributed by atoms with Crippen LogP contribution < -0.4 is 4.90 Å². The molecule has 1 fully saturated rings. The predicted molar refractivity (Wildman–Crippen MR) is 71.4 cm³/mol. The standard InChI is InChI=1S/C14H17ClN2/c1-14(2)5-7-17(8-6-14)13-4-3-11(10-16)9-12(13)15/h3-4,9H,5-8H2,1-2H3. The zero-order valence-corrected chi connectivity index (χ0v) is 11.1. The third-order valence-electron chi connectivity index (χ3n) is 3.53. The first-order valence-electron chi connectivity index (χ1n) is 5.96. The lowest BCUT2D eigenvalue weighted by Gasteiger charge is -2.38. The van der Waals surface area contributed by atoms with Gasteiger partial charge in [-0.3, -0.25) is 0 Å². The SMILES string of the molecule is CC1(C)CCN(c2ccc(C#N)cc2Cl)CC1. The van der Waals surface area contributed by atoms with Crippen LogP contribution in [0.1, 0.15) is 32.3 Å². The average molecular weight is 249 g/mol. The molecule has 2 rings (SSSR count). The van der Waals surface area contributed by atoms with E-state index in [2.05, 4.69) is 24.8 Å². The van der Waals surface area contributed by atoms with Gasteiger partial charge in [0.05, 0.1) is 22.3 Å². The Hall–Kier alpha value is -1.20. The minimum absolute atomic E-state index is 0.440. The summed E-state index contributed by atoms with van der Waals surface area (Å²) in [5, 5.41) is 9.49. The molecule has 0 amide bonds. The molecule has 0 radical (unpaired) electrons. The van der Waals surface area contributed by atoms with Crippen molar-refractivity contribution in [2.24, 2.45) is 5.41 Å². The van der Waals surface area contributed by atoms with Gasteiger partial charge in [0.15, 0.2) is 0 Å². The lowest BCUT2D eigenvalue weighted by atomic mass is 9.82. The fourth-order valence-corrected chi connectivity index (χ4v) is 2.49. The summed E-state index contributed by atoms with van der Waals surface area (Å²) in [7, 11) is 0. The van der Waals surface area contributed by atoms with Crippen molar-refractivity contribution < 1.29 is 0 Å². The van der Waals surface area contributed by atoms with Crippen molar-refractivity contribution in [3.8, 4) is 6.07 Å². The lowest BCUT2D eigenvalue weighted by Crippen LogP contribution is -2.37. The number of piperidine rings is 1. The molecule has 90 valence electrons. The average Bonchev–Trinajstić information content (AvgIpc) is 2.29. The first-order chi connectivity index (χ1) is 8.02. The maximum absolute atomic E-state index is 8.81. The second kappa shape index (κ2) is 4.58. The molecule has 1 saturated heterocycles. The first kappa shape index (κ1) is 12.3. The van der Waals surface area contributed by atoms with Crippen LogP contribution in [0.2, 0.25) is 5.02 Å². The summed E-state index contributed by atoms with van der Waals surface area (Å²) in [5.41, 5.74) is 2.12. The summed E-state index contributed by atoms with van der Waals surface area (Å²) in [6.07, 6.45) is 2.37. The van der Waals surface area contributed by atoms with E-state index < -0.39 is 0 Å². The van der Waals surface area contributed by atoms with Crippen LogP contribution in [0.3, 0.4) is 0 Å². The van der Waals surface area contributed by atoms with Gasteiger partial charge in [-0.25, -0.2) is 0 Å². The van der Waals surface area contributed by atoms with Crippen molar-refractivity contribution in [2.45, 2.75) is 26.7 Å². The Labute approximate surface area is 108 Å². The quantitative estimate of drug-likeness (QED) is 0.755. The van der Waals surface area contributed by atoms with Crippen LogP contribution >= 0.6 is 11.6 Å². The zero-order valence-electron chi connectivity index (χ0n) is 10.3. The molecule has 0 saturated carbocycles. The van der Waals surface area contributed by atoms with Crippen molar-refractivity contribution in [3.63, 3.8) is 0 Å². The molecule has 1 aliphatic heterocycles. The normalized spacial score (nSPS) is 18.8. The number of hydrogen-bond donors (Lipinski definition) is 0. The highest BCUT2D eigenvalue weighted by Gasteiger charge is 2.26. The van der Waals surface area contributed by atoms with E-state index in [0.717, 1.165) is 18.8 Å². The number of nitriles is 1. The van der Waals surface area contributed by atoms with Crippen LogP contribution in [-0.4, -0.2) is 13.1 Å². The van der Waals surface area contributed by atoms with Gasteiger partial charge in [-0.05, 0) is 36.5 Å². The fraction of sp³-hybridized carbons (Fsp3) is 0.500. The van der Waals surface area contributed by atoms with E-state index >= 15 is 0 Å². The van der Waals surface area contributed by atoms with E-state index in [9.17, 15) is 0 Å². The van der Waals surface area contributed by atoms with E-state index in [1.807, 2.05) is 12.1 Å². The molecule has 3 heteroatoms. The fourth-order valence-electron chi connectivity index (χ4n) is 2.19. The van der Waals surface area contributed by atoms with E-state index in [-0.39, 0.29) is 0 Å². The molecule has 1 heterocycles. The van der Waals surface area contributed by atoms with Crippen molar-refractivity contribution in [1.29, 1.82) is 5.26 Å². The highest BCUT2D eigenvalue weighted by molar-refractivity contribution is 6.33. The Morgan fingerprint density at radius 3 is 2.47 bits per heavy atom. The number of hydrogen-bond acceptors (Lipinski definition) is 2. The van der Waals surface area contributed by atoms with Crippen LogP contribution in [-0.2, 0) is 0 Å².